The number of fused-ring (bicyclic) bond motifs is 7. The molecule has 0 aliphatic heterocycles. The van der Waals surface area contributed by atoms with Crippen molar-refractivity contribution >= 4 is 0 Å². The molecule has 3 aromatic rings. The summed E-state index contributed by atoms with van der Waals surface area (Å²) in [5.74, 6) is -2.57. The van der Waals surface area contributed by atoms with Crippen LogP contribution in [-0.4, -0.2) is 5.11 Å². The summed E-state index contributed by atoms with van der Waals surface area (Å²) >= 11 is 0. The zero-order valence-corrected chi connectivity index (χ0v) is 16.6. The summed E-state index contributed by atoms with van der Waals surface area (Å²) in [6, 6.07) is 15.5. The average Bonchev–Trinajstić information content (AvgIpc) is 3.01. The maximum Gasteiger partial charge on any atom is 0.350 e. The minimum atomic E-state index is -2.61. The average molecular weight is 456 g/mol. The van der Waals surface area contributed by atoms with Crippen molar-refractivity contribution in [1.82, 2.24) is 0 Å². The van der Waals surface area contributed by atoms with Gasteiger partial charge in [-0.2, -0.15) is 22.0 Å². The molecule has 3 aliphatic carbocycles. The normalized spacial score (nSPS) is 22.3. The maximum absolute atomic E-state index is 13.8. The van der Waals surface area contributed by atoms with E-state index >= 15 is 0 Å². The standard InChI is InChI=1S/C25H13F5O3/c26-21(27)23(30)32-15-9-10-16(33-24(31)22(28)29)18-17(15)19-11-5-1-3-7-13(11)25(19)14-8-4-2-6-12(14)20(18)25/h1-10,19-20,31H. The lowest BCUT2D eigenvalue weighted by atomic mass is 9.43. The van der Waals surface area contributed by atoms with Crippen LogP contribution < -0.4 is 9.47 Å². The smallest absolute Gasteiger partial charge is 0.350 e. The van der Waals surface area contributed by atoms with E-state index in [4.69, 9.17) is 9.47 Å². The highest BCUT2D eigenvalue weighted by molar-refractivity contribution is 5.82. The van der Waals surface area contributed by atoms with Gasteiger partial charge in [0.2, 0.25) is 0 Å². The van der Waals surface area contributed by atoms with Crippen LogP contribution in [-0.2, 0) is 5.41 Å². The fourth-order valence-corrected chi connectivity index (χ4v) is 5.93. The molecule has 33 heavy (non-hydrogen) atoms. The Morgan fingerprint density at radius 1 is 0.667 bits per heavy atom. The number of aliphatic hydroxyl groups is 1. The summed E-state index contributed by atoms with van der Waals surface area (Å²) in [4.78, 5) is 0. The molecule has 0 fully saturated rings. The minimum Gasteiger partial charge on any atom is -0.477 e. The van der Waals surface area contributed by atoms with E-state index in [1.165, 1.54) is 12.1 Å². The Balaban J connectivity index is 1.65. The molecule has 3 aromatic carbocycles. The largest absolute Gasteiger partial charge is 0.477 e. The van der Waals surface area contributed by atoms with Gasteiger partial charge in [-0.25, -0.2) is 0 Å². The first-order valence-electron chi connectivity index (χ1n) is 10.0. The van der Waals surface area contributed by atoms with Crippen molar-refractivity contribution in [3.05, 3.63) is 118 Å². The molecule has 0 aromatic heterocycles. The third-order valence-corrected chi connectivity index (χ3v) is 6.85. The molecule has 0 saturated heterocycles. The molecule has 3 aliphatic rings. The topological polar surface area (TPSA) is 38.7 Å². The Hall–Kier alpha value is -3.81. The van der Waals surface area contributed by atoms with E-state index in [9.17, 15) is 27.1 Å². The molecule has 1 spiro atoms. The van der Waals surface area contributed by atoms with Crippen molar-refractivity contribution in [2.75, 3.05) is 0 Å². The highest BCUT2D eigenvalue weighted by atomic mass is 19.3. The Kier molecular flexibility index (Phi) is 3.97. The third-order valence-electron chi connectivity index (χ3n) is 6.85. The SMILES string of the molecule is OC(Oc1ccc(OC(F)=C(F)F)c2c1C1c3ccccc3C13c1ccccc1C23)=C(F)F. The first-order chi connectivity index (χ1) is 15.9. The van der Waals surface area contributed by atoms with Crippen molar-refractivity contribution in [3.8, 4) is 11.5 Å². The molecular weight excluding hydrogens is 443 g/mol. The lowest BCUT2D eigenvalue weighted by Crippen LogP contribution is -2.52. The molecule has 3 atom stereocenters. The molecule has 6 rings (SSSR count). The molecule has 8 heteroatoms. The highest BCUT2D eigenvalue weighted by Gasteiger charge is 2.70. The fraction of sp³-hybridized carbons (Fsp3) is 0.120. The maximum atomic E-state index is 13.8. The van der Waals surface area contributed by atoms with Crippen LogP contribution >= 0.6 is 0 Å². The summed E-state index contributed by atoms with van der Waals surface area (Å²) in [5.41, 5.74) is 4.01. The molecule has 0 radical (unpaired) electrons. The second-order valence-corrected chi connectivity index (χ2v) is 8.10. The van der Waals surface area contributed by atoms with Crippen LogP contribution in [0.25, 0.3) is 0 Å². The van der Waals surface area contributed by atoms with Crippen LogP contribution in [0.3, 0.4) is 0 Å². The van der Waals surface area contributed by atoms with Gasteiger partial charge in [-0.3, -0.25) is 0 Å². The van der Waals surface area contributed by atoms with Gasteiger partial charge in [0, 0.05) is 28.4 Å². The van der Waals surface area contributed by atoms with Crippen LogP contribution in [0.4, 0.5) is 22.0 Å². The van der Waals surface area contributed by atoms with Crippen LogP contribution in [0.5, 0.6) is 11.5 Å². The van der Waals surface area contributed by atoms with E-state index in [1.54, 1.807) is 0 Å². The molecular formula is C25H13F5O3. The first kappa shape index (κ1) is 19.8. The summed E-state index contributed by atoms with van der Waals surface area (Å²) in [5, 5.41) is 9.59. The van der Waals surface area contributed by atoms with Gasteiger partial charge in [-0.05, 0) is 34.4 Å². The fourth-order valence-electron chi connectivity index (χ4n) is 5.93. The van der Waals surface area contributed by atoms with Crippen molar-refractivity contribution in [2.45, 2.75) is 17.3 Å². The van der Waals surface area contributed by atoms with Gasteiger partial charge in [-0.1, -0.05) is 48.5 Å². The van der Waals surface area contributed by atoms with Gasteiger partial charge < -0.3 is 14.6 Å². The van der Waals surface area contributed by atoms with E-state index in [0.29, 0.717) is 11.1 Å². The van der Waals surface area contributed by atoms with E-state index in [0.717, 1.165) is 22.3 Å². The van der Waals surface area contributed by atoms with Gasteiger partial charge in [0.25, 0.3) is 0 Å². The van der Waals surface area contributed by atoms with Crippen LogP contribution in [0.2, 0.25) is 0 Å². The van der Waals surface area contributed by atoms with Crippen LogP contribution in [0.15, 0.2) is 84.8 Å². The van der Waals surface area contributed by atoms with Gasteiger partial charge in [0.05, 0.1) is 0 Å². The van der Waals surface area contributed by atoms with Crippen LogP contribution in [0, 0.1) is 0 Å². The molecule has 1 N–H and O–H groups in total. The molecule has 0 amide bonds. The van der Waals surface area contributed by atoms with E-state index < -0.39 is 29.5 Å². The zero-order valence-electron chi connectivity index (χ0n) is 16.6. The number of aliphatic hydroxyl groups excluding tert-OH is 1. The molecule has 3 unspecified atom stereocenters. The minimum absolute atomic E-state index is 0.0769. The molecule has 0 bridgehead atoms. The van der Waals surface area contributed by atoms with Gasteiger partial charge in [0.15, 0.2) is 0 Å². The lowest BCUT2D eigenvalue weighted by Gasteiger charge is -2.58. The summed E-state index contributed by atoms with van der Waals surface area (Å²) < 4.78 is 75.4. The van der Waals surface area contributed by atoms with Crippen molar-refractivity contribution < 1.29 is 36.5 Å². The van der Waals surface area contributed by atoms with E-state index in [2.05, 4.69) is 0 Å². The number of hydrogen-bond donors (Lipinski definition) is 1. The number of benzene rings is 3. The summed E-state index contributed by atoms with van der Waals surface area (Å²) in [6.45, 7) is 0. The number of halogens is 5. The number of ether oxygens (including phenoxy) is 2. The van der Waals surface area contributed by atoms with Crippen molar-refractivity contribution in [2.24, 2.45) is 0 Å². The molecule has 166 valence electrons. The van der Waals surface area contributed by atoms with Crippen molar-refractivity contribution in [1.29, 1.82) is 0 Å². The predicted octanol–water partition coefficient (Wildman–Crippen LogP) is 6.99. The second kappa shape index (κ2) is 6.60. The monoisotopic (exact) mass is 456 g/mol. The first-order valence-corrected chi connectivity index (χ1v) is 10.0. The molecule has 0 heterocycles. The Morgan fingerprint density at radius 3 is 1.64 bits per heavy atom. The Labute approximate surface area is 184 Å². The molecule has 0 saturated carbocycles. The van der Waals surface area contributed by atoms with Gasteiger partial charge in [-0.15, -0.1) is 0 Å². The quantitative estimate of drug-likeness (QED) is 0.340. The molecule has 3 nitrogen and oxygen atoms in total. The number of hydrogen-bond acceptors (Lipinski definition) is 3. The van der Waals surface area contributed by atoms with Crippen molar-refractivity contribution in [3.63, 3.8) is 0 Å². The Morgan fingerprint density at radius 2 is 1.15 bits per heavy atom. The van der Waals surface area contributed by atoms with Gasteiger partial charge >= 0.3 is 24.1 Å². The number of rotatable bonds is 4. The lowest BCUT2D eigenvalue weighted by molar-refractivity contribution is 0.165. The Bertz CT molecular complexity index is 1300. The zero-order chi connectivity index (χ0) is 23.1. The predicted molar refractivity (Wildman–Crippen MR) is 107 cm³/mol. The third kappa shape index (κ3) is 2.33. The van der Waals surface area contributed by atoms with E-state index in [1.807, 2.05) is 48.5 Å². The highest BCUT2D eigenvalue weighted by Crippen LogP contribution is 2.79. The summed E-state index contributed by atoms with van der Waals surface area (Å²) in [7, 11) is 0. The second-order valence-electron chi connectivity index (χ2n) is 8.10. The summed E-state index contributed by atoms with van der Waals surface area (Å²) in [6.07, 6.45) is -5.03. The van der Waals surface area contributed by atoms with Crippen LogP contribution in [0.1, 0.15) is 45.2 Å². The van der Waals surface area contributed by atoms with Gasteiger partial charge in [0.1, 0.15) is 11.5 Å². The van der Waals surface area contributed by atoms with E-state index in [-0.39, 0.29) is 23.3 Å².